The summed E-state index contributed by atoms with van der Waals surface area (Å²) in [6.07, 6.45) is 3.28. The molecule has 0 bridgehead atoms. The van der Waals surface area contributed by atoms with Gasteiger partial charge in [0, 0.05) is 6.08 Å². The third-order valence-corrected chi connectivity index (χ3v) is 3.47. The molecule has 0 fully saturated rings. The minimum atomic E-state index is -0.308. The van der Waals surface area contributed by atoms with E-state index in [1.807, 2.05) is 18.2 Å². The fourth-order valence-corrected chi connectivity index (χ4v) is 2.26. The molecular weight excluding hydrogens is 260 g/mol. The Bertz CT molecular complexity index is 655. The van der Waals surface area contributed by atoms with Crippen molar-refractivity contribution in [3.8, 4) is 11.1 Å². The van der Waals surface area contributed by atoms with Crippen molar-refractivity contribution < 1.29 is 9.53 Å². The molecule has 0 spiro atoms. The van der Waals surface area contributed by atoms with Gasteiger partial charge in [-0.15, -0.1) is 0 Å². The Morgan fingerprint density at radius 2 is 1.86 bits per heavy atom. The number of rotatable bonds is 4. The van der Waals surface area contributed by atoms with Crippen LogP contribution in [0.15, 0.2) is 48.5 Å². The van der Waals surface area contributed by atoms with Gasteiger partial charge in [0.2, 0.25) is 0 Å². The minimum absolute atomic E-state index is 0.308. The Kier molecular flexibility index (Phi) is 4.94. The van der Waals surface area contributed by atoms with Crippen LogP contribution in [0.3, 0.4) is 0 Å². The molecule has 0 atom stereocenters. The summed E-state index contributed by atoms with van der Waals surface area (Å²) >= 11 is 0. The molecular formula is C19H20O2. The Labute approximate surface area is 126 Å². The lowest BCUT2D eigenvalue weighted by molar-refractivity contribution is -0.137. The first-order valence-electron chi connectivity index (χ1n) is 7.13. The quantitative estimate of drug-likeness (QED) is 0.607. The molecule has 0 aromatic heterocycles. The minimum Gasteiger partial charge on any atom is -0.463 e. The third-order valence-electron chi connectivity index (χ3n) is 3.47. The van der Waals surface area contributed by atoms with Crippen LogP contribution in [0.5, 0.6) is 0 Å². The second-order valence-corrected chi connectivity index (χ2v) is 4.96. The highest BCUT2D eigenvalue weighted by Gasteiger charge is 2.06. The molecule has 0 aliphatic heterocycles. The Hall–Kier alpha value is -2.35. The van der Waals surface area contributed by atoms with E-state index >= 15 is 0 Å². The zero-order valence-corrected chi connectivity index (χ0v) is 12.7. The van der Waals surface area contributed by atoms with Gasteiger partial charge in [0.05, 0.1) is 6.61 Å². The second kappa shape index (κ2) is 6.89. The summed E-state index contributed by atoms with van der Waals surface area (Å²) in [6.45, 7) is 6.40. The van der Waals surface area contributed by atoms with Crippen molar-refractivity contribution in [3.63, 3.8) is 0 Å². The third kappa shape index (κ3) is 3.82. The molecule has 21 heavy (non-hydrogen) atoms. The highest BCUT2D eigenvalue weighted by molar-refractivity contribution is 5.87. The molecule has 0 saturated heterocycles. The van der Waals surface area contributed by atoms with Crippen LogP contribution in [0.4, 0.5) is 0 Å². The van der Waals surface area contributed by atoms with E-state index in [0.29, 0.717) is 6.61 Å². The number of ether oxygens (including phenoxy) is 1. The van der Waals surface area contributed by atoms with Crippen LogP contribution in [-0.4, -0.2) is 12.6 Å². The maximum atomic E-state index is 11.4. The first-order valence-corrected chi connectivity index (χ1v) is 7.13. The predicted octanol–water partition coefficient (Wildman–Crippen LogP) is 4.55. The van der Waals surface area contributed by atoms with Gasteiger partial charge >= 0.3 is 5.97 Å². The van der Waals surface area contributed by atoms with E-state index in [2.05, 4.69) is 38.1 Å². The molecule has 0 aliphatic carbocycles. The Balaban J connectivity index is 2.38. The van der Waals surface area contributed by atoms with Gasteiger partial charge in [0.25, 0.3) is 0 Å². The summed E-state index contributed by atoms with van der Waals surface area (Å²) in [5.41, 5.74) is 5.85. The lowest BCUT2D eigenvalue weighted by Crippen LogP contribution is -1.98. The molecule has 2 rings (SSSR count). The summed E-state index contributed by atoms with van der Waals surface area (Å²) in [5.74, 6) is -0.308. The average Bonchev–Trinajstić information content (AvgIpc) is 2.49. The predicted molar refractivity (Wildman–Crippen MR) is 87.0 cm³/mol. The van der Waals surface area contributed by atoms with E-state index in [0.717, 1.165) is 5.56 Å². The van der Waals surface area contributed by atoms with Crippen molar-refractivity contribution in [3.05, 3.63) is 65.2 Å². The van der Waals surface area contributed by atoms with Crippen molar-refractivity contribution >= 4 is 12.0 Å². The van der Waals surface area contributed by atoms with Crippen LogP contribution in [-0.2, 0) is 9.53 Å². The van der Waals surface area contributed by atoms with Crippen LogP contribution in [0.2, 0.25) is 0 Å². The molecule has 0 N–H and O–H groups in total. The summed E-state index contributed by atoms with van der Waals surface area (Å²) in [4.78, 5) is 11.4. The number of esters is 1. The molecule has 0 saturated carbocycles. The summed E-state index contributed by atoms with van der Waals surface area (Å²) in [5, 5.41) is 0. The molecule has 0 radical (unpaired) electrons. The zero-order chi connectivity index (χ0) is 15.2. The van der Waals surface area contributed by atoms with Crippen LogP contribution in [0.25, 0.3) is 17.2 Å². The summed E-state index contributed by atoms with van der Waals surface area (Å²) in [7, 11) is 0. The van der Waals surface area contributed by atoms with E-state index in [9.17, 15) is 4.79 Å². The van der Waals surface area contributed by atoms with E-state index in [4.69, 9.17) is 4.74 Å². The summed E-state index contributed by atoms with van der Waals surface area (Å²) in [6, 6.07) is 14.5. The fraction of sp³-hybridized carbons (Fsp3) is 0.211. The van der Waals surface area contributed by atoms with E-state index in [1.165, 1.54) is 28.3 Å². The number of benzene rings is 2. The molecule has 2 heteroatoms. The number of hydrogen-bond donors (Lipinski definition) is 0. The van der Waals surface area contributed by atoms with Crippen LogP contribution < -0.4 is 0 Å². The SMILES string of the molecule is CCOC(=O)/C=C/c1cc(C)c(C)c(-c2ccccc2)c1. The number of hydrogen-bond acceptors (Lipinski definition) is 2. The van der Waals surface area contributed by atoms with Crippen molar-refractivity contribution in [1.29, 1.82) is 0 Å². The fourth-order valence-electron chi connectivity index (χ4n) is 2.26. The van der Waals surface area contributed by atoms with Gasteiger partial charge in [-0.2, -0.15) is 0 Å². The number of aryl methyl sites for hydroxylation is 1. The van der Waals surface area contributed by atoms with E-state index in [-0.39, 0.29) is 5.97 Å². The monoisotopic (exact) mass is 280 g/mol. The van der Waals surface area contributed by atoms with Gasteiger partial charge in [0.1, 0.15) is 0 Å². The smallest absolute Gasteiger partial charge is 0.330 e. The molecule has 0 unspecified atom stereocenters. The van der Waals surface area contributed by atoms with Gasteiger partial charge < -0.3 is 4.74 Å². The highest BCUT2D eigenvalue weighted by Crippen LogP contribution is 2.27. The largest absolute Gasteiger partial charge is 0.463 e. The average molecular weight is 280 g/mol. The van der Waals surface area contributed by atoms with Gasteiger partial charge in [-0.05, 0) is 60.7 Å². The van der Waals surface area contributed by atoms with Crippen LogP contribution >= 0.6 is 0 Å². The molecule has 2 aromatic carbocycles. The topological polar surface area (TPSA) is 26.3 Å². The van der Waals surface area contributed by atoms with Gasteiger partial charge in [-0.3, -0.25) is 0 Å². The second-order valence-electron chi connectivity index (χ2n) is 4.96. The molecule has 0 heterocycles. The molecule has 0 amide bonds. The standard InChI is InChI=1S/C19H20O2/c1-4-21-19(20)11-10-16-12-14(2)15(3)18(13-16)17-8-6-5-7-9-17/h5-13H,4H2,1-3H3/b11-10+. The normalized spacial score (nSPS) is 10.8. The number of carbonyl (C=O) groups excluding carboxylic acids is 1. The van der Waals surface area contributed by atoms with E-state index in [1.54, 1.807) is 13.0 Å². The van der Waals surface area contributed by atoms with Crippen molar-refractivity contribution in [2.45, 2.75) is 20.8 Å². The lowest BCUT2D eigenvalue weighted by atomic mass is 9.94. The van der Waals surface area contributed by atoms with Gasteiger partial charge in [0.15, 0.2) is 0 Å². The molecule has 2 nitrogen and oxygen atoms in total. The molecule has 2 aromatic rings. The van der Waals surface area contributed by atoms with Crippen LogP contribution in [0, 0.1) is 13.8 Å². The Morgan fingerprint density at radius 3 is 2.52 bits per heavy atom. The maximum absolute atomic E-state index is 11.4. The van der Waals surface area contributed by atoms with Crippen molar-refractivity contribution in [1.82, 2.24) is 0 Å². The van der Waals surface area contributed by atoms with Gasteiger partial charge in [-0.25, -0.2) is 4.79 Å². The van der Waals surface area contributed by atoms with E-state index < -0.39 is 0 Å². The van der Waals surface area contributed by atoms with Gasteiger partial charge in [-0.1, -0.05) is 36.4 Å². The molecule has 108 valence electrons. The molecule has 0 aliphatic rings. The lowest BCUT2D eigenvalue weighted by Gasteiger charge is -2.11. The highest BCUT2D eigenvalue weighted by atomic mass is 16.5. The maximum Gasteiger partial charge on any atom is 0.330 e. The van der Waals surface area contributed by atoms with Crippen molar-refractivity contribution in [2.75, 3.05) is 6.61 Å². The first kappa shape index (κ1) is 15.0. The first-order chi connectivity index (χ1) is 10.1. The Morgan fingerprint density at radius 1 is 1.14 bits per heavy atom. The summed E-state index contributed by atoms with van der Waals surface area (Å²) < 4.78 is 4.91. The van der Waals surface area contributed by atoms with Crippen LogP contribution in [0.1, 0.15) is 23.6 Å². The number of carbonyl (C=O) groups is 1. The van der Waals surface area contributed by atoms with Crippen molar-refractivity contribution in [2.24, 2.45) is 0 Å². The zero-order valence-electron chi connectivity index (χ0n) is 12.7.